The van der Waals surface area contributed by atoms with Crippen LogP contribution < -0.4 is 0 Å². The van der Waals surface area contributed by atoms with Gasteiger partial charge in [-0.25, -0.2) is 9.78 Å². The van der Waals surface area contributed by atoms with Crippen molar-refractivity contribution in [2.75, 3.05) is 0 Å². The number of aryl methyl sites for hydroxylation is 1. The van der Waals surface area contributed by atoms with Crippen molar-refractivity contribution in [3.8, 4) is 10.7 Å². The topological polar surface area (TPSA) is 68.0 Å². The molecule has 1 aromatic carbocycles. The molecular formula is C12H9N3O2S. The first kappa shape index (κ1) is 10.9. The Morgan fingerprint density at radius 2 is 2.28 bits per heavy atom. The van der Waals surface area contributed by atoms with Crippen LogP contribution in [0.25, 0.3) is 21.7 Å². The van der Waals surface area contributed by atoms with Gasteiger partial charge in [-0.1, -0.05) is 0 Å². The minimum atomic E-state index is -0.943. The molecule has 0 amide bonds. The van der Waals surface area contributed by atoms with Crippen LogP contribution in [0.5, 0.6) is 0 Å². The average Bonchev–Trinajstić information content (AvgIpc) is 2.97. The van der Waals surface area contributed by atoms with Crippen molar-refractivity contribution in [3.63, 3.8) is 0 Å². The minimum Gasteiger partial charge on any atom is -0.478 e. The number of carboxylic acid groups (broad SMARTS) is 1. The van der Waals surface area contributed by atoms with E-state index in [1.165, 1.54) is 11.3 Å². The largest absolute Gasteiger partial charge is 0.478 e. The van der Waals surface area contributed by atoms with Crippen LogP contribution in [0.2, 0.25) is 0 Å². The van der Waals surface area contributed by atoms with Crippen LogP contribution in [0.4, 0.5) is 0 Å². The van der Waals surface area contributed by atoms with Crippen LogP contribution in [0, 0.1) is 0 Å². The van der Waals surface area contributed by atoms with Gasteiger partial charge in [-0.2, -0.15) is 0 Å². The number of carboxylic acids is 1. The van der Waals surface area contributed by atoms with E-state index in [4.69, 9.17) is 5.11 Å². The Hall–Kier alpha value is -2.21. The molecule has 0 aliphatic rings. The predicted octanol–water partition coefficient (Wildman–Crippen LogP) is 2.40. The maximum Gasteiger partial charge on any atom is 0.335 e. The normalized spacial score (nSPS) is 10.9. The molecule has 0 spiro atoms. The lowest BCUT2D eigenvalue weighted by molar-refractivity contribution is 0.0697. The molecule has 0 unspecified atom stereocenters. The highest BCUT2D eigenvalue weighted by atomic mass is 32.1. The first-order valence-electron chi connectivity index (χ1n) is 5.25. The summed E-state index contributed by atoms with van der Waals surface area (Å²) in [5, 5.41) is 8.96. The monoisotopic (exact) mass is 259 g/mol. The molecule has 90 valence electrons. The van der Waals surface area contributed by atoms with Crippen molar-refractivity contribution in [1.82, 2.24) is 14.5 Å². The van der Waals surface area contributed by atoms with Crippen LogP contribution in [-0.4, -0.2) is 25.6 Å². The summed E-state index contributed by atoms with van der Waals surface area (Å²) >= 11 is 1.51. The van der Waals surface area contributed by atoms with Crippen LogP contribution in [0.3, 0.4) is 0 Å². The predicted molar refractivity (Wildman–Crippen MR) is 68.8 cm³/mol. The van der Waals surface area contributed by atoms with E-state index in [0.29, 0.717) is 5.52 Å². The first-order valence-corrected chi connectivity index (χ1v) is 6.13. The van der Waals surface area contributed by atoms with Gasteiger partial charge in [0.2, 0.25) is 0 Å². The van der Waals surface area contributed by atoms with E-state index in [1.54, 1.807) is 29.9 Å². The fraction of sp³-hybridized carbons (Fsp3) is 0.0833. The zero-order valence-electron chi connectivity index (χ0n) is 9.49. The van der Waals surface area contributed by atoms with Gasteiger partial charge in [0, 0.05) is 13.2 Å². The highest BCUT2D eigenvalue weighted by molar-refractivity contribution is 7.13. The maximum absolute atomic E-state index is 10.9. The fourth-order valence-electron chi connectivity index (χ4n) is 1.88. The Morgan fingerprint density at radius 1 is 1.44 bits per heavy atom. The molecule has 18 heavy (non-hydrogen) atoms. The molecule has 1 N–H and O–H groups in total. The molecule has 0 saturated carbocycles. The quantitative estimate of drug-likeness (QED) is 0.767. The molecule has 0 fully saturated rings. The Balaban J connectivity index is 2.25. The lowest BCUT2D eigenvalue weighted by Crippen LogP contribution is -1.95. The molecule has 0 aliphatic heterocycles. The number of carbonyl (C=O) groups is 1. The molecule has 0 atom stereocenters. The van der Waals surface area contributed by atoms with Gasteiger partial charge >= 0.3 is 5.97 Å². The summed E-state index contributed by atoms with van der Waals surface area (Å²) in [6.45, 7) is 0. The molecule has 5 nitrogen and oxygen atoms in total. The second-order valence-electron chi connectivity index (χ2n) is 3.87. The summed E-state index contributed by atoms with van der Waals surface area (Å²) in [6.07, 6.45) is 1.75. The van der Waals surface area contributed by atoms with Crippen LogP contribution in [0.15, 0.2) is 29.9 Å². The van der Waals surface area contributed by atoms with Crippen LogP contribution in [-0.2, 0) is 7.05 Å². The summed E-state index contributed by atoms with van der Waals surface area (Å²) in [6, 6.07) is 4.95. The summed E-state index contributed by atoms with van der Waals surface area (Å²) in [7, 11) is 1.91. The van der Waals surface area contributed by atoms with Crippen molar-refractivity contribution in [1.29, 1.82) is 0 Å². The van der Waals surface area contributed by atoms with Gasteiger partial charge in [-0.15, -0.1) is 11.3 Å². The number of fused-ring (bicyclic) bond motifs is 1. The number of nitrogens with zero attached hydrogens (tertiary/aromatic N) is 3. The lowest BCUT2D eigenvalue weighted by atomic mass is 10.2. The highest BCUT2D eigenvalue weighted by Gasteiger charge is 2.12. The summed E-state index contributed by atoms with van der Waals surface area (Å²) in [5.74, 6) is -0.142. The summed E-state index contributed by atoms with van der Waals surface area (Å²) in [4.78, 5) is 20.4. The number of benzene rings is 1. The van der Waals surface area contributed by atoms with Gasteiger partial charge in [-0.05, 0) is 18.2 Å². The average molecular weight is 259 g/mol. The second kappa shape index (κ2) is 3.92. The van der Waals surface area contributed by atoms with E-state index in [9.17, 15) is 4.79 Å². The van der Waals surface area contributed by atoms with E-state index in [1.807, 2.05) is 11.6 Å². The Kier molecular flexibility index (Phi) is 2.38. The van der Waals surface area contributed by atoms with Gasteiger partial charge in [0.1, 0.15) is 0 Å². The van der Waals surface area contributed by atoms with Crippen LogP contribution in [0.1, 0.15) is 10.4 Å². The number of hydrogen-bond acceptors (Lipinski definition) is 4. The number of imidazole rings is 1. The SMILES string of the molecule is Cn1c(-c2cncs2)nc2cc(C(=O)O)ccc21. The molecule has 2 aromatic heterocycles. The van der Waals surface area contributed by atoms with Crippen LogP contribution >= 0.6 is 11.3 Å². The number of aromatic carboxylic acids is 1. The molecule has 6 heteroatoms. The van der Waals surface area contributed by atoms with Crippen molar-refractivity contribution in [2.24, 2.45) is 7.05 Å². The third-order valence-corrected chi connectivity index (χ3v) is 3.55. The molecule has 0 radical (unpaired) electrons. The van der Waals surface area contributed by atoms with E-state index in [0.717, 1.165) is 16.2 Å². The van der Waals surface area contributed by atoms with Gasteiger partial charge in [0.05, 0.1) is 27.0 Å². The van der Waals surface area contributed by atoms with Crippen molar-refractivity contribution >= 4 is 28.3 Å². The molecule has 0 bridgehead atoms. The third-order valence-electron chi connectivity index (χ3n) is 2.78. The zero-order valence-corrected chi connectivity index (χ0v) is 10.3. The number of hydrogen-bond donors (Lipinski definition) is 1. The summed E-state index contributed by atoms with van der Waals surface area (Å²) in [5.41, 5.74) is 3.58. The smallest absolute Gasteiger partial charge is 0.335 e. The van der Waals surface area contributed by atoms with E-state index >= 15 is 0 Å². The van der Waals surface area contributed by atoms with Gasteiger partial charge in [0.15, 0.2) is 5.82 Å². The Labute approximate surface area is 106 Å². The molecule has 3 rings (SSSR count). The number of thiazole rings is 1. The third kappa shape index (κ3) is 1.58. The minimum absolute atomic E-state index is 0.247. The lowest BCUT2D eigenvalue weighted by Gasteiger charge is -1.98. The summed E-state index contributed by atoms with van der Waals surface area (Å²) < 4.78 is 1.94. The molecular weight excluding hydrogens is 250 g/mol. The first-order chi connectivity index (χ1) is 8.66. The van der Waals surface area contributed by atoms with E-state index in [2.05, 4.69) is 9.97 Å². The molecule has 0 saturated heterocycles. The number of aromatic nitrogens is 3. The highest BCUT2D eigenvalue weighted by Crippen LogP contribution is 2.26. The van der Waals surface area contributed by atoms with Crippen molar-refractivity contribution in [3.05, 3.63) is 35.5 Å². The number of rotatable bonds is 2. The van der Waals surface area contributed by atoms with Gasteiger partial charge < -0.3 is 9.67 Å². The second-order valence-corrected chi connectivity index (χ2v) is 4.76. The molecule has 2 heterocycles. The standard InChI is InChI=1S/C12H9N3O2S/c1-15-9-3-2-7(12(16)17)4-8(9)14-11(15)10-5-13-6-18-10/h2-6H,1H3,(H,16,17). The zero-order chi connectivity index (χ0) is 12.7. The van der Waals surface area contributed by atoms with E-state index in [-0.39, 0.29) is 5.56 Å². The van der Waals surface area contributed by atoms with E-state index < -0.39 is 5.97 Å². The van der Waals surface area contributed by atoms with Crippen molar-refractivity contribution in [2.45, 2.75) is 0 Å². The maximum atomic E-state index is 10.9. The molecule has 3 aromatic rings. The van der Waals surface area contributed by atoms with Gasteiger partial charge in [-0.3, -0.25) is 4.98 Å². The van der Waals surface area contributed by atoms with Gasteiger partial charge in [0.25, 0.3) is 0 Å². The Morgan fingerprint density at radius 3 is 2.94 bits per heavy atom. The van der Waals surface area contributed by atoms with Crippen molar-refractivity contribution < 1.29 is 9.90 Å². The molecule has 0 aliphatic carbocycles. The fourth-order valence-corrected chi connectivity index (χ4v) is 2.52. The Bertz CT molecular complexity index is 731.